The van der Waals surface area contributed by atoms with E-state index in [0.29, 0.717) is 18.7 Å². The number of fused-ring (bicyclic) bond motifs is 1. The van der Waals surface area contributed by atoms with E-state index in [2.05, 4.69) is 10.2 Å². The van der Waals surface area contributed by atoms with E-state index in [-0.39, 0.29) is 18.1 Å². The molecule has 0 unspecified atom stereocenters. The fourth-order valence-corrected chi connectivity index (χ4v) is 2.21. The number of para-hydroxylation sites is 1. The first kappa shape index (κ1) is 11.7. The van der Waals surface area contributed by atoms with Gasteiger partial charge in [0.25, 0.3) is 0 Å². The molecule has 1 aliphatic rings. The second kappa shape index (κ2) is 4.72. The molecule has 3 rings (SSSR count). The Labute approximate surface area is 110 Å². The quantitative estimate of drug-likeness (QED) is 0.854. The number of amides is 1. The van der Waals surface area contributed by atoms with Crippen LogP contribution in [0, 0.1) is 0 Å². The maximum Gasteiger partial charge on any atom is 0.227 e. The number of carbonyl (C=O) groups is 1. The molecule has 2 heterocycles. The Kier molecular flexibility index (Phi) is 2.91. The van der Waals surface area contributed by atoms with Crippen LogP contribution >= 0.6 is 0 Å². The lowest BCUT2D eigenvalue weighted by Crippen LogP contribution is -2.39. The van der Waals surface area contributed by atoms with Gasteiger partial charge in [-0.25, -0.2) is 0 Å². The number of carbonyl (C=O) groups excluding carboxylic acids is 1. The third-order valence-electron chi connectivity index (χ3n) is 3.32. The zero-order valence-corrected chi connectivity index (χ0v) is 10.4. The van der Waals surface area contributed by atoms with Crippen LogP contribution < -0.4 is 0 Å². The number of hydrogen-bond donors (Lipinski definition) is 1. The molecule has 98 valence electrons. The molecule has 2 aromatic rings. The molecule has 19 heavy (non-hydrogen) atoms. The van der Waals surface area contributed by atoms with Crippen molar-refractivity contribution >= 4 is 5.91 Å². The number of nitrogens with zero attached hydrogens (tertiary/aromatic N) is 4. The smallest absolute Gasteiger partial charge is 0.227 e. The number of aromatic hydroxyl groups is 1. The summed E-state index contributed by atoms with van der Waals surface area (Å²) >= 11 is 0. The van der Waals surface area contributed by atoms with E-state index in [4.69, 9.17) is 0 Å². The van der Waals surface area contributed by atoms with Crippen molar-refractivity contribution in [2.45, 2.75) is 19.5 Å². The van der Waals surface area contributed by atoms with E-state index in [1.165, 1.54) is 0 Å². The molecule has 0 radical (unpaired) electrons. The molecule has 1 aliphatic heterocycles. The summed E-state index contributed by atoms with van der Waals surface area (Å²) < 4.78 is 1.95. The minimum absolute atomic E-state index is 0.00394. The van der Waals surface area contributed by atoms with Gasteiger partial charge in [0.15, 0.2) is 5.82 Å². The lowest BCUT2D eigenvalue weighted by atomic mass is 10.1. The van der Waals surface area contributed by atoms with Crippen LogP contribution in [0.2, 0.25) is 0 Å². The van der Waals surface area contributed by atoms with Gasteiger partial charge in [0.05, 0.1) is 13.0 Å². The standard InChI is InChI=1S/C13H14N4O2/c18-11-4-2-1-3-10(11)7-13(19)16-5-6-17-9-14-15-12(17)8-16/h1-4,9,18H,5-8H2. The Hall–Kier alpha value is -2.37. The van der Waals surface area contributed by atoms with Crippen LogP contribution in [0.1, 0.15) is 11.4 Å². The third kappa shape index (κ3) is 2.29. The lowest BCUT2D eigenvalue weighted by Gasteiger charge is -2.27. The summed E-state index contributed by atoms with van der Waals surface area (Å²) in [6.07, 6.45) is 1.89. The SMILES string of the molecule is O=C(Cc1ccccc1O)N1CCn2cnnc2C1. The van der Waals surface area contributed by atoms with Crippen LogP contribution in [0.4, 0.5) is 0 Å². The highest BCUT2D eigenvalue weighted by atomic mass is 16.3. The van der Waals surface area contributed by atoms with Gasteiger partial charge in [-0.1, -0.05) is 18.2 Å². The summed E-state index contributed by atoms with van der Waals surface area (Å²) in [5.41, 5.74) is 0.652. The second-order valence-corrected chi connectivity index (χ2v) is 4.56. The molecule has 1 aromatic carbocycles. The number of hydrogen-bond acceptors (Lipinski definition) is 4. The van der Waals surface area contributed by atoms with Crippen LogP contribution in [0.15, 0.2) is 30.6 Å². The largest absolute Gasteiger partial charge is 0.508 e. The molecule has 0 spiro atoms. The minimum Gasteiger partial charge on any atom is -0.508 e. The Morgan fingerprint density at radius 2 is 2.16 bits per heavy atom. The summed E-state index contributed by atoms with van der Waals surface area (Å²) in [6, 6.07) is 6.91. The van der Waals surface area contributed by atoms with E-state index in [0.717, 1.165) is 12.4 Å². The van der Waals surface area contributed by atoms with Crippen LogP contribution in [-0.2, 0) is 24.3 Å². The van der Waals surface area contributed by atoms with E-state index in [1.807, 2.05) is 10.6 Å². The molecule has 0 atom stereocenters. The molecule has 1 N–H and O–H groups in total. The van der Waals surface area contributed by atoms with Crippen molar-refractivity contribution in [3.05, 3.63) is 42.0 Å². The van der Waals surface area contributed by atoms with Crippen LogP contribution in [-0.4, -0.2) is 37.2 Å². The minimum atomic E-state index is -0.00394. The molecule has 1 amide bonds. The lowest BCUT2D eigenvalue weighted by molar-refractivity contribution is -0.132. The maximum atomic E-state index is 12.2. The van der Waals surface area contributed by atoms with Gasteiger partial charge in [0.1, 0.15) is 12.1 Å². The average molecular weight is 258 g/mol. The van der Waals surface area contributed by atoms with Crippen molar-refractivity contribution in [2.24, 2.45) is 0 Å². The molecule has 0 aliphatic carbocycles. The summed E-state index contributed by atoms with van der Waals surface area (Å²) in [4.78, 5) is 14.0. The Bertz CT molecular complexity index is 608. The van der Waals surface area contributed by atoms with Gasteiger partial charge in [0, 0.05) is 18.7 Å². The van der Waals surface area contributed by atoms with Crippen molar-refractivity contribution in [3.63, 3.8) is 0 Å². The molecule has 0 bridgehead atoms. The number of phenols is 1. The van der Waals surface area contributed by atoms with Crippen molar-refractivity contribution in [1.29, 1.82) is 0 Å². The number of aromatic nitrogens is 3. The van der Waals surface area contributed by atoms with Crippen LogP contribution in [0.5, 0.6) is 5.75 Å². The number of phenolic OH excluding ortho intramolecular Hbond substituents is 1. The summed E-state index contributed by atoms with van der Waals surface area (Å²) in [6.45, 7) is 1.85. The Morgan fingerprint density at radius 3 is 3.00 bits per heavy atom. The van der Waals surface area contributed by atoms with Gasteiger partial charge in [-0.05, 0) is 6.07 Å². The molecule has 0 fully saturated rings. The summed E-state index contributed by atoms with van der Waals surface area (Å²) in [7, 11) is 0. The number of benzene rings is 1. The first-order valence-corrected chi connectivity index (χ1v) is 6.15. The van der Waals surface area contributed by atoms with E-state index in [9.17, 15) is 9.90 Å². The van der Waals surface area contributed by atoms with E-state index in [1.54, 1.807) is 29.4 Å². The average Bonchev–Trinajstić information content (AvgIpc) is 2.88. The zero-order chi connectivity index (χ0) is 13.2. The topological polar surface area (TPSA) is 71.2 Å². The zero-order valence-electron chi connectivity index (χ0n) is 10.4. The predicted molar refractivity (Wildman–Crippen MR) is 67.2 cm³/mol. The normalized spacial score (nSPS) is 14.2. The molecule has 0 saturated carbocycles. The highest BCUT2D eigenvalue weighted by molar-refractivity contribution is 5.79. The maximum absolute atomic E-state index is 12.2. The van der Waals surface area contributed by atoms with Gasteiger partial charge in [-0.15, -0.1) is 10.2 Å². The van der Waals surface area contributed by atoms with Gasteiger partial charge >= 0.3 is 0 Å². The fourth-order valence-electron chi connectivity index (χ4n) is 2.21. The monoisotopic (exact) mass is 258 g/mol. The first-order valence-electron chi connectivity index (χ1n) is 6.15. The molecule has 6 heteroatoms. The van der Waals surface area contributed by atoms with Gasteiger partial charge < -0.3 is 14.6 Å². The van der Waals surface area contributed by atoms with Crippen molar-refractivity contribution < 1.29 is 9.90 Å². The van der Waals surface area contributed by atoms with Crippen LogP contribution in [0.3, 0.4) is 0 Å². The van der Waals surface area contributed by atoms with Gasteiger partial charge in [-0.3, -0.25) is 4.79 Å². The highest BCUT2D eigenvalue weighted by Crippen LogP contribution is 2.18. The molecular weight excluding hydrogens is 244 g/mol. The second-order valence-electron chi connectivity index (χ2n) is 4.56. The summed E-state index contributed by atoms with van der Waals surface area (Å²) in [5, 5.41) is 17.5. The van der Waals surface area contributed by atoms with E-state index >= 15 is 0 Å². The highest BCUT2D eigenvalue weighted by Gasteiger charge is 2.22. The van der Waals surface area contributed by atoms with Gasteiger partial charge in [-0.2, -0.15) is 0 Å². The molecule has 6 nitrogen and oxygen atoms in total. The third-order valence-corrected chi connectivity index (χ3v) is 3.32. The predicted octanol–water partition coefficient (Wildman–Crippen LogP) is 0.569. The van der Waals surface area contributed by atoms with Crippen molar-refractivity contribution in [1.82, 2.24) is 19.7 Å². The Morgan fingerprint density at radius 1 is 1.32 bits per heavy atom. The molecule has 0 saturated heterocycles. The summed E-state index contributed by atoms with van der Waals surface area (Å²) in [5.74, 6) is 0.962. The van der Waals surface area contributed by atoms with Crippen molar-refractivity contribution in [3.8, 4) is 5.75 Å². The van der Waals surface area contributed by atoms with Crippen LogP contribution in [0.25, 0.3) is 0 Å². The number of rotatable bonds is 2. The molecular formula is C13H14N4O2. The first-order chi connectivity index (χ1) is 9.24. The van der Waals surface area contributed by atoms with Gasteiger partial charge in [0.2, 0.25) is 5.91 Å². The molecule has 1 aromatic heterocycles. The Balaban J connectivity index is 1.71. The fraction of sp³-hybridized carbons (Fsp3) is 0.308. The van der Waals surface area contributed by atoms with Crippen molar-refractivity contribution in [2.75, 3.05) is 6.54 Å². The van der Waals surface area contributed by atoms with E-state index < -0.39 is 0 Å².